The summed E-state index contributed by atoms with van der Waals surface area (Å²) in [7, 11) is 0. The summed E-state index contributed by atoms with van der Waals surface area (Å²) in [6.45, 7) is 12.5. The molecule has 0 spiro atoms. The van der Waals surface area contributed by atoms with Gasteiger partial charge in [0.05, 0.1) is 24.7 Å². The molecule has 3 aliphatic heterocycles. The molecule has 8 aliphatic rings. The number of hydrogen-bond acceptors (Lipinski definition) is 22. The number of aliphatic hydroxyl groups is 10. The molecule has 3 heterocycles. The van der Waals surface area contributed by atoms with Gasteiger partial charge in [0, 0.05) is 0 Å². The zero-order valence-electron chi connectivity index (χ0n) is 45.1. The van der Waals surface area contributed by atoms with Crippen LogP contribution in [0.2, 0.25) is 0 Å². The second-order valence-corrected chi connectivity index (χ2v) is 25.5. The molecule has 0 unspecified atom stereocenters. The molecule has 0 aromatic carbocycles. The highest BCUT2D eigenvalue weighted by Gasteiger charge is 2.70. The Morgan fingerprint density at radius 3 is 1.86 bits per heavy atom. The molecule has 4 saturated carbocycles. The number of allylic oxidation sites excluding steroid dienone is 2. The molecule has 25 atom stereocenters. The van der Waals surface area contributed by atoms with Crippen LogP contribution in [0.15, 0.2) is 11.6 Å². The Morgan fingerprint density at radius 2 is 1.27 bits per heavy atom. The van der Waals surface area contributed by atoms with E-state index in [1.807, 2.05) is 13.8 Å². The normalized spacial score (nSPS) is 47.6. The molecule has 444 valence electrons. The van der Waals surface area contributed by atoms with Crippen LogP contribution in [0.25, 0.3) is 0 Å². The van der Waals surface area contributed by atoms with Gasteiger partial charge < -0.3 is 104 Å². The smallest absolute Gasteiger partial charge is 0.337 e. The highest BCUT2D eigenvalue weighted by atomic mass is 16.8. The molecular weight excluding hydrogens is 1040 g/mol. The van der Waals surface area contributed by atoms with Crippen molar-refractivity contribution < 1.29 is 123 Å². The van der Waals surface area contributed by atoms with E-state index in [0.717, 1.165) is 12.8 Å². The third kappa shape index (κ3) is 10.4. The fraction of sp³-hybridized carbons (Fsp3) is 0.887. The maximum absolute atomic E-state index is 14.8. The van der Waals surface area contributed by atoms with Crippen LogP contribution in [0, 0.1) is 50.2 Å². The predicted molar refractivity (Wildman–Crippen MR) is 261 cm³/mol. The summed E-state index contributed by atoms with van der Waals surface area (Å²) in [6, 6.07) is 0. The molecule has 78 heavy (non-hydrogen) atoms. The minimum atomic E-state index is -2.62. The largest absolute Gasteiger partial charge is 0.480 e. The molecule has 3 saturated heterocycles. The lowest BCUT2D eigenvalue weighted by Gasteiger charge is -2.71. The van der Waals surface area contributed by atoms with E-state index in [0.29, 0.717) is 51.4 Å². The van der Waals surface area contributed by atoms with Gasteiger partial charge in [-0.3, -0.25) is 4.79 Å². The van der Waals surface area contributed by atoms with Gasteiger partial charge in [0.25, 0.3) is 0 Å². The summed E-state index contributed by atoms with van der Waals surface area (Å²) in [5.41, 5.74) is -1.80. The van der Waals surface area contributed by atoms with Gasteiger partial charge in [-0.1, -0.05) is 60.1 Å². The van der Waals surface area contributed by atoms with Crippen LogP contribution in [0.4, 0.5) is 0 Å². The summed E-state index contributed by atoms with van der Waals surface area (Å²) in [4.78, 5) is 51.2. The third-order valence-corrected chi connectivity index (χ3v) is 20.4. The standard InChI is InChI=1S/C53H82O25/c1-48(2)14-16-53(47(70)78-45-35(63)33(61)31(59)25(20-55)73-45)17-15-51(6)22(23(53)18-48)8-9-27-50(5)12-11-28(49(3,4)26(50)10-13-52(27,51)7)74-46-40(77-44-34(62)32(60)30(58)24(19-54)72-44)38(36(64)39(76-46)42(68)69)75-43(37(65)41(66)67)71-21-29(56)57/h8,23-28,30-40,43-46,54-55,58-65H,9-21H2,1-7H3,(H,56,57)(H,66,67)(H,68,69)/t23-,24+,25+,26-,27+,28-,30+,31+,32-,33-,34+,35+,36-,37-,38-,39-,40+,43-,44-,45-,46+,50-,51+,52+,53-/m0/s1. The lowest BCUT2D eigenvalue weighted by molar-refractivity contribution is -0.387. The van der Waals surface area contributed by atoms with Gasteiger partial charge in [0.1, 0.15) is 73.8 Å². The number of rotatable bonds is 16. The summed E-state index contributed by atoms with van der Waals surface area (Å²) in [5, 5.41) is 136. The molecule has 0 aromatic rings. The molecule has 0 amide bonds. The first kappa shape index (κ1) is 61.0. The van der Waals surface area contributed by atoms with Gasteiger partial charge in [0.2, 0.25) is 12.4 Å². The molecule has 0 aromatic heterocycles. The Labute approximate surface area is 451 Å². The molecule has 13 N–H and O–H groups in total. The minimum Gasteiger partial charge on any atom is -0.480 e. The van der Waals surface area contributed by atoms with Gasteiger partial charge in [-0.2, -0.15) is 0 Å². The number of esters is 1. The van der Waals surface area contributed by atoms with Crippen molar-refractivity contribution in [2.45, 2.75) is 223 Å². The van der Waals surface area contributed by atoms with E-state index in [-0.39, 0.29) is 34.0 Å². The Balaban J connectivity index is 1.09. The maximum Gasteiger partial charge on any atom is 0.337 e. The number of carboxylic acids is 3. The van der Waals surface area contributed by atoms with Crippen LogP contribution >= 0.6 is 0 Å². The molecular formula is C53H82O25. The quantitative estimate of drug-likeness (QED) is 0.0387. The van der Waals surface area contributed by atoms with Crippen LogP contribution in [-0.4, -0.2) is 221 Å². The number of aliphatic hydroxyl groups excluding tert-OH is 10. The highest BCUT2D eigenvalue weighted by molar-refractivity contribution is 5.79. The van der Waals surface area contributed by atoms with Crippen molar-refractivity contribution >= 4 is 23.9 Å². The second-order valence-electron chi connectivity index (χ2n) is 25.5. The first-order valence-corrected chi connectivity index (χ1v) is 27.1. The number of carbonyl (C=O) groups is 4. The molecule has 0 bridgehead atoms. The summed E-state index contributed by atoms with van der Waals surface area (Å²) in [6.07, 6.45) is -25.4. The van der Waals surface area contributed by atoms with Crippen molar-refractivity contribution in [1.82, 2.24) is 0 Å². The fourth-order valence-corrected chi connectivity index (χ4v) is 15.8. The van der Waals surface area contributed by atoms with E-state index < -0.39 is 171 Å². The molecule has 5 aliphatic carbocycles. The number of fused-ring (bicyclic) bond motifs is 7. The van der Waals surface area contributed by atoms with Gasteiger partial charge in [-0.05, 0) is 109 Å². The van der Waals surface area contributed by atoms with Crippen LogP contribution in [-0.2, 0) is 57.1 Å². The molecule has 8 rings (SSSR count). The Hall–Kier alpha value is -3.06. The Bertz CT molecular complexity index is 2240. The average Bonchev–Trinajstić information content (AvgIpc) is 3.35. The van der Waals surface area contributed by atoms with Crippen molar-refractivity contribution in [3.05, 3.63) is 11.6 Å². The van der Waals surface area contributed by atoms with Gasteiger partial charge in [0.15, 0.2) is 25.0 Å². The SMILES string of the molecule is CC1(C)CC[C@]2(C(=O)O[C@@H]3O[C@H](CO)[C@@H](O)[C@H](O)[C@H]3O)CC[C@]3(C)C(=CC[C@@H]4[C@@]5(C)CC[C@H](O[C@@H]6O[C@H](C(=O)O)[C@@H](O)[C@H](O[C@H](OCC(=O)O)[C@@H](O)C(=O)O)[C@H]6O[C@@H]6O[C@H](CO)[C@@H](O)[C@H](O)[C@H]6O)C(C)(C)[C@@H]5CC[C@]43C)[C@@H]2C1. The van der Waals surface area contributed by atoms with Crippen LogP contribution in [0.3, 0.4) is 0 Å². The van der Waals surface area contributed by atoms with E-state index in [1.165, 1.54) is 5.57 Å². The van der Waals surface area contributed by atoms with Gasteiger partial charge in [-0.15, -0.1) is 0 Å². The van der Waals surface area contributed by atoms with Gasteiger partial charge in [-0.25, -0.2) is 14.4 Å². The van der Waals surface area contributed by atoms with Gasteiger partial charge >= 0.3 is 23.9 Å². The first-order valence-electron chi connectivity index (χ1n) is 27.1. The van der Waals surface area contributed by atoms with Crippen molar-refractivity contribution in [1.29, 1.82) is 0 Å². The molecule has 7 fully saturated rings. The van der Waals surface area contributed by atoms with Crippen molar-refractivity contribution in [2.75, 3.05) is 19.8 Å². The average molecular weight is 1120 g/mol. The summed E-state index contributed by atoms with van der Waals surface area (Å²) >= 11 is 0. The van der Waals surface area contributed by atoms with Crippen molar-refractivity contribution in [3.63, 3.8) is 0 Å². The number of aliphatic carboxylic acids is 3. The zero-order chi connectivity index (χ0) is 57.6. The third-order valence-electron chi connectivity index (χ3n) is 20.4. The lowest BCUT2D eigenvalue weighted by atomic mass is 9.33. The van der Waals surface area contributed by atoms with E-state index in [4.69, 9.17) is 37.9 Å². The predicted octanol–water partition coefficient (Wildman–Crippen LogP) is -0.870. The van der Waals surface area contributed by atoms with E-state index in [1.54, 1.807) is 0 Å². The van der Waals surface area contributed by atoms with E-state index in [9.17, 15) is 85.6 Å². The number of hydrogen-bond donors (Lipinski definition) is 13. The molecule has 25 heteroatoms. The first-order chi connectivity index (χ1) is 36.3. The second kappa shape index (κ2) is 22.3. The van der Waals surface area contributed by atoms with Crippen LogP contribution in [0.1, 0.15) is 113 Å². The molecule has 0 radical (unpaired) electrons. The Morgan fingerprint density at radius 1 is 0.667 bits per heavy atom. The minimum absolute atomic E-state index is 0.0778. The van der Waals surface area contributed by atoms with Crippen LogP contribution in [0.5, 0.6) is 0 Å². The highest BCUT2D eigenvalue weighted by Crippen LogP contribution is 2.76. The summed E-state index contributed by atoms with van der Waals surface area (Å²) in [5.74, 6) is -6.13. The van der Waals surface area contributed by atoms with E-state index in [2.05, 4.69) is 40.7 Å². The number of carboxylic acid groups (broad SMARTS) is 3. The topological polar surface area (TPSA) is 405 Å². The monoisotopic (exact) mass is 1120 g/mol. The zero-order valence-corrected chi connectivity index (χ0v) is 45.1. The van der Waals surface area contributed by atoms with E-state index >= 15 is 0 Å². The van der Waals surface area contributed by atoms with Crippen LogP contribution < -0.4 is 0 Å². The fourth-order valence-electron chi connectivity index (χ4n) is 15.8. The maximum atomic E-state index is 14.8. The van der Waals surface area contributed by atoms with Crippen molar-refractivity contribution in [2.24, 2.45) is 50.2 Å². The van der Waals surface area contributed by atoms with Crippen molar-refractivity contribution in [3.8, 4) is 0 Å². The lowest BCUT2D eigenvalue weighted by Crippen LogP contribution is -2.68. The number of ether oxygens (including phenoxy) is 8. The Kier molecular flexibility index (Phi) is 17.4. The number of carbonyl (C=O) groups excluding carboxylic acids is 1. The summed E-state index contributed by atoms with van der Waals surface area (Å²) < 4.78 is 47.0. The molecule has 25 nitrogen and oxygen atoms in total.